The zero-order valence-corrected chi connectivity index (χ0v) is 13.2. The first-order valence-corrected chi connectivity index (χ1v) is 7.45. The normalized spacial score (nSPS) is 11.1. The number of hydrogen-bond donors (Lipinski definition) is 0. The van der Waals surface area contributed by atoms with Gasteiger partial charge < -0.3 is 4.57 Å². The van der Waals surface area contributed by atoms with E-state index in [1.807, 2.05) is 31.2 Å². The summed E-state index contributed by atoms with van der Waals surface area (Å²) in [7, 11) is 1.76. The molecular weight excluding hydrogens is 304 g/mol. The van der Waals surface area contributed by atoms with E-state index in [9.17, 15) is 4.79 Å². The van der Waals surface area contributed by atoms with Gasteiger partial charge in [0.25, 0.3) is 5.56 Å². The minimum atomic E-state index is -0.0937. The van der Waals surface area contributed by atoms with Gasteiger partial charge in [-0.1, -0.05) is 18.2 Å². The number of rotatable bonds is 2. The summed E-state index contributed by atoms with van der Waals surface area (Å²) in [6, 6.07) is 11.1. The van der Waals surface area contributed by atoms with Gasteiger partial charge in [0, 0.05) is 24.1 Å². The highest BCUT2D eigenvalue weighted by atomic mass is 16.1. The van der Waals surface area contributed by atoms with E-state index in [1.165, 1.54) is 0 Å². The summed E-state index contributed by atoms with van der Waals surface area (Å²) in [5, 5.41) is 13.1. The lowest BCUT2D eigenvalue weighted by molar-refractivity contribution is 0.849. The van der Waals surface area contributed by atoms with Crippen molar-refractivity contribution in [1.82, 2.24) is 29.5 Å². The standard InChI is InChI=1S/C17H14N6O/c1-11-20-17(23(21-11)12-7-8-18-19-10-12)14-9-16(24)22(2)15-6-4-3-5-13(14)15/h3-10H,1-2H3. The molecule has 4 rings (SSSR count). The molecule has 0 fully saturated rings. The van der Waals surface area contributed by atoms with E-state index < -0.39 is 0 Å². The highest BCUT2D eigenvalue weighted by Gasteiger charge is 2.16. The summed E-state index contributed by atoms with van der Waals surface area (Å²) in [4.78, 5) is 16.9. The number of hydrogen-bond acceptors (Lipinski definition) is 5. The molecular formula is C17H14N6O. The maximum Gasteiger partial charge on any atom is 0.251 e. The third-order valence-corrected chi connectivity index (χ3v) is 3.92. The van der Waals surface area contributed by atoms with Crippen LogP contribution in [0.3, 0.4) is 0 Å². The van der Waals surface area contributed by atoms with Gasteiger partial charge in [0.1, 0.15) is 5.82 Å². The van der Waals surface area contributed by atoms with Gasteiger partial charge in [-0.2, -0.15) is 15.3 Å². The van der Waals surface area contributed by atoms with Crippen LogP contribution in [0.2, 0.25) is 0 Å². The number of pyridine rings is 1. The zero-order valence-electron chi connectivity index (χ0n) is 13.2. The molecule has 4 aromatic rings. The molecule has 0 spiro atoms. The Hall–Kier alpha value is -3.35. The van der Waals surface area contributed by atoms with Crippen molar-refractivity contribution in [3.63, 3.8) is 0 Å². The molecule has 1 aromatic carbocycles. The van der Waals surface area contributed by atoms with Crippen LogP contribution in [0.5, 0.6) is 0 Å². The molecule has 0 aliphatic heterocycles. The van der Waals surface area contributed by atoms with Crippen LogP contribution in [-0.2, 0) is 7.05 Å². The molecule has 0 bridgehead atoms. The van der Waals surface area contributed by atoms with Crippen molar-refractivity contribution in [2.75, 3.05) is 0 Å². The summed E-state index contributed by atoms with van der Waals surface area (Å²) in [6.07, 6.45) is 3.21. The highest BCUT2D eigenvalue weighted by Crippen LogP contribution is 2.27. The SMILES string of the molecule is Cc1nc(-c2cc(=O)n(C)c3ccccc23)n(-c2ccnnc2)n1. The Morgan fingerprint density at radius 1 is 1.08 bits per heavy atom. The molecule has 7 heteroatoms. The second-order valence-corrected chi connectivity index (χ2v) is 5.47. The Morgan fingerprint density at radius 2 is 1.92 bits per heavy atom. The smallest absolute Gasteiger partial charge is 0.251 e. The van der Waals surface area contributed by atoms with Crippen LogP contribution in [0.1, 0.15) is 5.82 Å². The van der Waals surface area contributed by atoms with Gasteiger partial charge in [-0.25, -0.2) is 9.67 Å². The van der Waals surface area contributed by atoms with E-state index in [-0.39, 0.29) is 5.56 Å². The van der Waals surface area contributed by atoms with E-state index in [0.717, 1.165) is 22.2 Å². The Bertz CT molecular complexity index is 1100. The molecule has 0 aliphatic rings. The van der Waals surface area contributed by atoms with Crippen molar-refractivity contribution in [1.29, 1.82) is 0 Å². The van der Waals surface area contributed by atoms with Crippen LogP contribution >= 0.6 is 0 Å². The van der Waals surface area contributed by atoms with Crippen molar-refractivity contribution in [2.45, 2.75) is 6.92 Å². The third kappa shape index (κ3) is 2.18. The monoisotopic (exact) mass is 318 g/mol. The largest absolute Gasteiger partial charge is 0.311 e. The maximum absolute atomic E-state index is 12.4. The van der Waals surface area contributed by atoms with Crippen LogP contribution in [0.25, 0.3) is 28.0 Å². The number of fused-ring (bicyclic) bond motifs is 1. The molecule has 118 valence electrons. The summed E-state index contributed by atoms with van der Waals surface area (Å²) in [5.74, 6) is 1.22. The van der Waals surface area contributed by atoms with Crippen LogP contribution in [0.15, 0.2) is 53.6 Å². The number of nitrogens with zero attached hydrogens (tertiary/aromatic N) is 6. The van der Waals surface area contributed by atoms with Gasteiger partial charge in [0.2, 0.25) is 0 Å². The number of benzene rings is 1. The molecule has 3 heterocycles. The van der Waals surface area contributed by atoms with Gasteiger partial charge in [0.15, 0.2) is 5.82 Å². The summed E-state index contributed by atoms with van der Waals surface area (Å²) >= 11 is 0. The van der Waals surface area contributed by atoms with Crippen LogP contribution in [0, 0.1) is 6.92 Å². The maximum atomic E-state index is 12.4. The van der Waals surface area contributed by atoms with Crippen molar-refractivity contribution in [3.05, 3.63) is 65.0 Å². The number of para-hydroxylation sites is 1. The molecule has 3 aromatic heterocycles. The van der Waals surface area contributed by atoms with Gasteiger partial charge >= 0.3 is 0 Å². The van der Waals surface area contributed by atoms with Crippen LogP contribution < -0.4 is 5.56 Å². The predicted octanol–water partition coefficient (Wildman–Crippen LogP) is 1.88. The molecule has 0 unspecified atom stereocenters. The van der Waals surface area contributed by atoms with Crippen LogP contribution in [0.4, 0.5) is 0 Å². The molecule has 24 heavy (non-hydrogen) atoms. The lowest BCUT2D eigenvalue weighted by atomic mass is 10.1. The molecule has 0 aliphatic carbocycles. The summed E-state index contributed by atoms with van der Waals surface area (Å²) in [6.45, 7) is 1.82. The Labute approximate surface area is 137 Å². The van der Waals surface area contributed by atoms with E-state index in [1.54, 1.807) is 40.8 Å². The second kappa shape index (κ2) is 5.38. The quantitative estimate of drug-likeness (QED) is 0.564. The fourth-order valence-corrected chi connectivity index (χ4v) is 2.77. The van der Waals surface area contributed by atoms with Crippen molar-refractivity contribution in [2.24, 2.45) is 7.05 Å². The fourth-order valence-electron chi connectivity index (χ4n) is 2.77. The Morgan fingerprint density at radius 3 is 2.71 bits per heavy atom. The minimum Gasteiger partial charge on any atom is -0.311 e. The zero-order chi connectivity index (χ0) is 16.7. The average Bonchev–Trinajstić information content (AvgIpc) is 3.00. The third-order valence-electron chi connectivity index (χ3n) is 3.92. The molecule has 7 nitrogen and oxygen atoms in total. The lowest BCUT2D eigenvalue weighted by Gasteiger charge is -2.10. The van der Waals surface area contributed by atoms with Gasteiger partial charge in [-0.3, -0.25) is 4.79 Å². The first-order valence-electron chi connectivity index (χ1n) is 7.45. The average molecular weight is 318 g/mol. The van der Waals surface area contributed by atoms with Gasteiger partial charge in [-0.15, -0.1) is 0 Å². The first kappa shape index (κ1) is 14.3. The molecule has 0 N–H and O–H groups in total. The Balaban J connectivity index is 2.07. The predicted molar refractivity (Wildman–Crippen MR) is 89.9 cm³/mol. The molecule has 0 saturated heterocycles. The molecule has 0 radical (unpaired) electrons. The molecule has 0 amide bonds. The lowest BCUT2D eigenvalue weighted by Crippen LogP contribution is -2.17. The molecule has 0 atom stereocenters. The van der Waals surface area contributed by atoms with Gasteiger partial charge in [0.05, 0.1) is 23.6 Å². The van der Waals surface area contributed by atoms with E-state index in [0.29, 0.717) is 11.6 Å². The second-order valence-electron chi connectivity index (χ2n) is 5.47. The van der Waals surface area contributed by atoms with Crippen molar-refractivity contribution in [3.8, 4) is 17.1 Å². The summed E-state index contributed by atoms with van der Waals surface area (Å²) in [5.41, 5.74) is 2.24. The van der Waals surface area contributed by atoms with Gasteiger partial charge in [-0.05, 0) is 19.1 Å². The molecule has 0 saturated carbocycles. The van der Waals surface area contributed by atoms with E-state index >= 15 is 0 Å². The number of aryl methyl sites for hydroxylation is 2. The van der Waals surface area contributed by atoms with E-state index in [2.05, 4.69) is 20.3 Å². The van der Waals surface area contributed by atoms with Crippen LogP contribution in [-0.4, -0.2) is 29.5 Å². The first-order chi connectivity index (χ1) is 11.6. The van der Waals surface area contributed by atoms with Crippen molar-refractivity contribution < 1.29 is 0 Å². The van der Waals surface area contributed by atoms with Crippen molar-refractivity contribution >= 4 is 10.9 Å². The minimum absolute atomic E-state index is 0.0937. The number of aromatic nitrogens is 6. The van der Waals surface area contributed by atoms with E-state index in [4.69, 9.17) is 0 Å². The fraction of sp³-hybridized carbons (Fsp3) is 0.118. The topological polar surface area (TPSA) is 78.5 Å². The summed E-state index contributed by atoms with van der Waals surface area (Å²) < 4.78 is 3.31. The highest BCUT2D eigenvalue weighted by molar-refractivity contribution is 5.93. The Kier molecular flexibility index (Phi) is 3.19.